The highest BCUT2D eigenvalue weighted by atomic mass is 28.3. The highest BCUT2D eigenvalue weighted by Gasteiger charge is 2.65. The second kappa shape index (κ2) is 12.1. The van der Waals surface area contributed by atoms with Crippen molar-refractivity contribution in [2.45, 2.75) is 56.7 Å². The molecule has 3 heterocycles. The molecule has 3 amide bonds. The Balaban J connectivity index is 1.40. The average Bonchev–Trinajstić information content (AvgIpc) is 3.49. The molecule has 2 N–H and O–H groups in total. The number of aliphatic hydroxyl groups is 1. The Bertz CT molecular complexity index is 1600. The Morgan fingerprint density at radius 1 is 1.11 bits per heavy atom. The van der Waals surface area contributed by atoms with E-state index < -0.39 is 19.8 Å². The van der Waals surface area contributed by atoms with Crippen molar-refractivity contribution >= 4 is 42.4 Å². The Morgan fingerprint density at radius 2 is 1.84 bits per heavy atom. The Hall–Kier alpha value is -3.99. The van der Waals surface area contributed by atoms with Crippen LogP contribution < -0.4 is 20.1 Å². The van der Waals surface area contributed by atoms with Crippen LogP contribution in [0.4, 0.5) is 11.4 Å². The van der Waals surface area contributed by atoms with Gasteiger partial charge in [0.1, 0.15) is 5.75 Å². The Kier molecular flexibility index (Phi) is 8.32. The Labute approximate surface area is 265 Å². The molecule has 1 spiro atoms. The summed E-state index contributed by atoms with van der Waals surface area (Å²) in [4.78, 5) is 43.8. The van der Waals surface area contributed by atoms with E-state index in [9.17, 15) is 19.5 Å². The summed E-state index contributed by atoms with van der Waals surface area (Å²) in [5.41, 5.74) is 1.67. The molecule has 10 heteroatoms. The van der Waals surface area contributed by atoms with Gasteiger partial charge in [-0.3, -0.25) is 14.4 Å². The lowest BCUT2D eigenvalue weighted by atomic mass is 9.82. The number of hydrogen-bond acceptors (Lipinski definition) is 6. The lowest BCUT2D eigenvalue weighted by Crippen LogP contribution is -2.52. The van der Waals surface area contributed by atoms with E-state index in [1.54, 1.807) is 16.9 Å². The first-order chi connectivity index (χ1) is 21.6. The van der Waals surface area contributed by atoms with E-state index in [0.717, 1.165) is 17.0 Å². The highest BCUT2D eigenvalue weighted by Crippen LogP contribution is 2.59. The number of fused-ring (bicyclic) bond motifs is 2. The van der Waals surface area contributed by atoms with E-state index in [2.05, 4.69) is 37.5 Å². The monoisotopic (exact) mass is 627 g/mol. The number of benzene rings is 3. The largest absolute Gasteiger partial charge is 0.497 e. The third-order valence-electron chi connectivity index (χ3n) is 10.1. The molecular formula is C35H41N3O6Si. The fraction of sp³-hybridized carbons (Fsp3) is 0.400. The van der Waals surface area contributed by atoms with Crippen molar-refractivity contribution in [3.8, 4) is 5.75 Å². The molecule has 0 radical (unpaired) electrons. The van der Waals surface area contributed by atoms with Gasteiger partial charge in [-0.25, -0.2) is 0 Å². The van der Waals surface area contributed by atoms with Crippen LogP contribution >= 0.6 is 0 Å². The number of carbonyl (C=O) groups excluding carboxylic acids is 3. The molecule has 3 aliphatic heterocycles. The predicted molar refractivity (Wildman–Crippen MR) is 175 cm³/mol. The number of rotatable bonds is 10. The van der Waals surface area contributed by atoms with Crippen LogP contribution in [0.1, 0.15) is 30.9 Å². The van der Waals surface area contributed by atoms with Gasteiger partial charge < -0.3 is 29.7 Å². The number of hydrogen-bond donors (Lipinski definition) is 2. The molecule has 3 aliphatic rings. The topological polar surface area (TPSA) is 108 Å². The third kappa shape index (κ3) is 5.34. The van der Waals surface area contributed by atoms with Gasteiger partial charge >= 0.3 is 0 Å². The van der Waals surface area contributed by atoms with Gasteiger partial charge in [-0.15, -0.1) is 0 Å². The van der Waals surface area contributed by atoms with E-state index in [4.69, 9.17) is 9.47 Å². The summed E-state index contributed by atoms with van der Waals surface area (Å²) in [5, 5.41) is 14.1. The van der Waals surface area contributed by atoms with Crippen LogP contribution in [-0.4, -0.2) is 68.7 Å². The molecule has 2 fully saturated rings. The van der Waals surface area contributed by atoms with Crippen molar-refractivity contribution < 1.29 is 29.0 Å². The molecule has 0 aromatic heterocycles. The number of methoxy groups -OCH3 is 1. The maximum atomic E-state index is 14.0. The minimum atomic E-state index is -2.43. The summed E-state index contributed by atoms with van der Waals surface area (Å²) >= 11 is 0. The van der Waals surface area contributed by atoms with Crippen LogP contribution in [-0.2, 0) is 31.3 Å². The maximum Gasteiger partial charge on any atom is 0.261 e. The van der Waals surface area contributed by atoms with Gasteiger partial charge in [-0.1, -0.05) is 67.7 Å². The number of nitrogens with zero attached hydrogens (tertiary/aromatic N) is 2. The fourth-order valence-electron chi connectivity index (χ4n) is 7.59. The standard InChI is InChI=1S/C35H41N3O6Si/c1-23-33(45(3,4)27-13-11-26(43-2)12-14-27)30(21-32(41)37(18-19-39)22-24-8-6-5-7-9-24)44-35(23)28-20-25(38-17-16-31(38)40)10-15-29(28)36-34(35)42/h5-15,20,23,30,33,39H,16-19,21-22H2,1-4H3,(H,36,42)/t23-,30+,33-,35+/m1/s1. The minimum Gasteiger partial charge on any atom is -0.497 e. The van der Waals surface area contributed by atoms with Crippen molar-refractivity contribution in [3.05, 3.63) is 83.9 Å². The first kappa shape index (κ1) is 31.0. The van der Waals surface area contributed by atoms with Gasteiger partial charge in [-0.05, 0) is 41.4 Å². The van der Waals surface area contributed by atoms with Crippen LogP contribution in [0.5, 0.6) is 5.75 Å². The van der Waals surface area contributed by atoms with Crippen LogP contribution in [0.25, 0.3) is 0 Å². The fourth-order valence-corrected chi connectivity index (χ4v) is 11.6. The zero-order valence-electron chi connectivity index (χ0n) is 26.3. The quantitative estimate of drug-likeness (QED) is 0.260. The first-order valence-electron chi connectivity index (χ1n) is 15.6. The van der Waals surface area contributed by atoms with Gasteiger partial charge in [-0.2, -0.15) is 0 Å². The van der Waals surface area contributed by atoms with E-state index in [1.807, 2.05) is 60.7 Å². The molecule has 9 nitrogen and oxygen atoms in total. The second-order valence-electron chi connectivity index (χ2n) is 12.9. The molecular weight excluding hydrogens is 586 g/mol. The number of aliphatic hydroxyl groups excluding tert-OH is 1. The van der Waals surface area contributed by atoms with E-state index >= 15 is 0 Å². The van der Waals surface area contributed by atoms with Crippen LogP contribution in [0.2, 0.25) is 18.6 Å². The molecule has 0 unspecified atom stereocenters. The van der Waals surface area contributed by atoms with Gasteiger partial charge in [0.25, 0.3) is 5.91 Å². The lowest BCUT2D eigenvalue weighted by molar-refractivity contribution is -0.148. The molecule has 0 bridgehead atoms. The highest BCUT2D eigenvalue weighted by molar-refractivity contribution is 6.91. The molecule has 236 valence electrons. The molecule has 0 saturated carbocycles. The Morgan fingerprint density at radius 3 is 2.47 bits per heavy atom. The molecule has 0 aliphatic carbocycles. The smallest absolute Gasteiger partial charge is 0.261 e. The van der Waals surface area contributed by atoms with Crippen molar-refractivity contribution in [3.63, 3.8) is 0 Å². The normalized spacial score (nSPS) is 23.9. The van der Waals surface area contributed by atoms with Crippen LogP contribution in [0.15, 0.2) is 72.8 Å². The minimum absolute atomic E-state index is 0.0541. The zero-order chi connectivity index (χ0) is 31.9. The second-order valence-corrected chi connectivity index (χ2v) is 17.6. The molecule has 3 aromatic carbocycles. The molecule has 2 saturated heterocycles. The van der Waals surface area contributed by atoms with E-state index in [1.165, 1.54) is 5.19 Å². The zero-order valence-corrected chi connectivity index (χ0v) is 27.3. The van der Waals surface area contributed by atoms with E-state index in [0.29, 0.717) is 30.8 Å². The molecule has 45 heavy (non-hydrogen) atoms. The third-order valence-corrected chi connectivity index (χ3v) is 14.4. The van der Waals surface area contributed by atoms with Crippen molar-refractivity contribution in [1.82, 2.24) is 4.90 Å². The summed E-state index contributed by atoms with van der Waals surface area (Å²) < 4.78 is 12.4. The summed E-state index contributed by atoms with van der Waals surface area (Å²) in [6.07, 6.45) is 0.0237. The number of amides is 3. The van der Waals surface area contributed by atoms with Gasteiger partial charge in [0.05, 0.1) is 34.3 Å². The molecule has 3 aromatic rings. The SMILES string of the molecule is COc1ccc([Si](C)(C)[C@H]2[C@H](CC(=O)N(CCO)Cc3ccccc3)O[C@@]3(C(=O)Nc4ccc(N5CCC5=O)cc43)[C@@H]2C)cc1. The van der Waals surface area contributed by atoms with Gasteiger partial charge in [0.15, 0.2) is 5.60 Å². The first-order valence-corrected chi connectivity index (χ1v) is 18.7. The lowest BCUT2D eigenvalue weighted by Gasteiger charge is -2.37. The van der Waals surface area contributed by atoms with Gasteiger partial charge in [0, 0.05) is 48.9 Å². The molecule has 4 atom stereocenters. The summed E-state index contributed by atoms with van der Waals surface area (Å²) in [5.74, 6) is 0.167. The number of nitrogens with one attached hydrogen (secondary N) is 1. The molecule has 6 rings (SSSR count). The van der Waals surface area contributed by atoms with Crippen LogP contribution in [0.3, 0.4) is 0 Å². The van der Waals surface area contributed by atoms with Crippen molar-refractivity contribution in [2.24, 2.45) is 5.92 Å². The number of ether oxygens (including phenoxy) is 2. The summed E-state index contributed by atoms with van der Waals surface area (Å²) in [6, 6.07) is 23.4. The summed E-state index contributed by atoms with van der Waals surface area (Å²) in [7, 11) is -0.794. The van der Waals surface area contributed by atoms with Crippen LogP contribution in [0, 0.1) is 5.92 Å². The van der Waals surface area contributed by atoms with E-state index in [-0.39, 0.29) is 48.8 Å². The number of β-lactam (4-membered cyclic amide) rings is 1. The van der Waals surface area contributed by atoms with Gasteiger partial charge in [0.2, 0.25) is 11.8 Å². The number of carbonyl (C=O) groups is 3. The summed E-state index contributed by atoms with van der Waals surface area (Å²) in [6.45, 7) is 7.66. The number of anilines is 2. The average molecular weight is 628 g/mol. The van der Waals surface area contributed by atoms with Crippen molar-refractivity contribution in [2.75, 3.05) is 37.0 Å². The maximum absolute atomic E-state index is 14.0. The van der Waals surface area contributed by atoms with Crippen molar-refractivity contribution in [1.29, 1.82) is 0 Å². The predicted octanol–water partition coefficient (Wildman–Crippen LogP) is 4.01.